The first-order chi connectivity index (χ1) is 19.5. The number of rotatable bonds is 10. The van der Waals surface area contributed by atoms with Gasteiger partial charge in [-0.1, -0.05) is 125 Å². The molecule has 1 heterocycles. The van der Waals surface area contributed by atoms with E-state index in [4.69, 9.17) is 4.98 Å². The average Bonchev–Trinajstić information content (AvgIpc) is 2.99. The van der Waals surface area contributed by atoms with Crippen LogP contribution in [0.25, 0.3) is 11.3 Å². The van der Waals surface area contributed by atoms with Gasteiger partial charge in [0.15, 0.2) is 0 Å². The largest absolute Gasteiger partial charge is 0.379 e. The minimum Gasteiger partial charge on any atom is -0.379 e. The summed E-state index contributed by atoms with van der Waals surface area (Å²) in [5.41, 5.74) is 10.6. The lowest BCUT2D eigenvalue weighted by Gasteiger charge is -2.24. The minimum atomic E-state index is -0.0186. The number of nitrogens with zero attached hydrogens (tertiary/aromatic N) is 1. The lowest BCUT2D eigenvalue weighted by atomic mass is 9.92. The zero-order chi connectivity index (χ0) is 27.9. The third kappa shape index (κ3) is 6.26. The first kappa shape index (κ1) is 27.2. The number of pyridine rings is 1. The summed E-state index contributed by atoms with van der Waals surface area (Å²) >= 11 is 0. The number of nitrogens with one attached hydrogen (secondary N) is 2. The zero-order valence-corrected chi connectivity index (χ0v) is 23.9. The third-order valence-electron chi connectivity index (χ3n) is 7.39. The molecule has 0 fully saturated rings. The van der Waals surface area contributed by atoms with Gasteiger partial charge in [-0.15, -0.1) is 0 Å². The van der Waals surface area contributed by atoms with E-state index in [-0.39, 0.29) is 6.04 Å². The van der Waals surface area contributed by atoms with Crippen LogP contribution in [0, 0.1) is 0 Å². The summed E-state index contributed by atoms with van der Waals surface area (Å²) in [7, 11) is 0. The van der Waals surface area contributed by atoms with E-state index in [1.165, 1.54) is 27.9 Å². The molecule has 40 heavy (non-hydrogen) atoms. The Hall–Kier alpha value is -4.37. The van der Waals surface area contributed by atoms with Crippen LogP contribution in [0.15, 0.2) is 121 Å². The molecule has 2 N–H and O–H groups in total. The summed E-state index contributed by atoms with van der Waals surface area (Å²) in [6, 6.07) is 42.6. The Bertz CT molecular complexity index is 1500. The van der Waals surface area contributed by atoms with E-state index < -0.39 is 0 Å². The van der Waals surface area contributed by atoms with Gasteiger partial charge in [-0.3, -0.25) is 4.98 Å². The van der Waals surface area contributed by atoms with Crippen molar-refractivity contribution in [3.63, 3.8) is 0 Å². The Morgan fingerprint density at radius 1 is 0.575 bits per heavy atom. The molecule has 0 aliphatic carbocycles. The fraction of sp³-hybridized carbons (Fsp3) is 0.216. The van der Waals surface area contributed by atoms with Crippen molar-refractivity contribution in [1.82, 2.24) is 4.98 Å². The molecule has 4 aromatic carbocycles. The second-order valence-electron chi connectivity index (χ2n) is 10.9. The van der Waals surface area contributed by atoms with Crippen molar-refractivity contribution in [3.8, 4) is 11.3 Å². The number of anilines is 2. The SMILES string of the molecule is CC(C)c1cccc(C(C)C)c1NCc1cccc(-c2ccccc2C(Nc2ccccc2)c2ccccc2)n1. The average molecular weight is 526 g/mol. The van der Waals surface area contributed by atoms with Gasteiger partial charge >= 0.3 is 0 Å². The Morgan fingerprint density at radius 2 is 1.15 bits per heavy atom. The van der Waals surface area contributed by atoms with Crippen LogP contribution in [0.4, 0.5) is 11.4 Å². The number of aromatic nitrogens is 1. The highest BCUT2D eigenvalue weighted by Gasteiger charge is 2.19. The first-order valence-corrected chi connectivity index (χ1v) is 14.3. The molecule has 1 unspecified atom stereocenters. The molecule has 3 nitrogen and oxygen atoms in total. The molecule has 0 saturated heterocycles. The summed E-state index contributed by atoms with van der Waals surface area (Å²) in [5, 5.41) is 7.54. The van der Waals surface area contributed by atoms with Gasteiger partial charge in [0.2, 0.25) is 0 Å². The monoisotopic (exact) mass is 525 g/mol. The van der Waals surface area contributed by atoms with E-state index >= 15 is 0 Å². The first-order valence-electron chi connectivity index (χ1n) is 14.3. The maximum absolute atomic E-state index is 5.16. The van der Waals surface area contributed by atoms with Gasteiger partial charge in [0, 0.05) is 16.9 Å². The topological polar surface area (TPSA) is 37.0 Å². The van der Waals surface area contributed by atoms with Gasteiger partial charge in [0.05, 0.1) is 24.0 Å². The molecular formula is C37H39N3. The molecule has 0 radical (unpaired) electrons. The lowest BCUT2D eigenvalue weighted by molar-refractivity contribution is 0.831. The van der Waals surface area contributed by atoms with Crippen molar-refractivity contribution in [2.75, 3.05) is 10.6 Å². The van der Waals surface area contributed by atoms with Crippen LogP contribution < -0.4 is 10.6 Å². The summed E-state index contributed by atoms with van der Waals surface area (Å²) in [5.74, 6) is 0.888. The molecular weight excluding hydrogens is 486 g/mol. The maximum atomic E-state index is 5.16. The van der Waals surface area contributed by atoms with Gasteiger partial charge < -0.3 is 10.6 Å². The van der Waals surface area contributed by atoms with Gasteiger partial charge in [-0.2, -0.15) is 0 Å². The van der Waals surface area contributed by atoms with Crippen molar-refractivity contribution in [3.05, 3.63) is 149 Å². The molecule has 0 aliphatic rings. The van der Waals surface area contributed by atoms with E-state index in [0.717, 1.165) is 22.6 Å². The molecule has 3 heteroatoms. The molecule has 1 aromatic heterocycles. The van der Waals surface area contributed by atoms with Crippen LogP contribution in [0.2, 0.25) is 0 Å². The van der Waals surface area contributed by atoms with Crippen LogP contribution in [0.5, 0.6) is 0 Å². The fourth-order valence-electron chi connectivity index (χ4n) is 5.33. The van der Waals surface area contributed by atoms with E-state index in [2.05, 4.69) is 154 Å². The minimum absolute atomic E-state index is 0.0186. The number of hydrogen-bond donors (Lipinski definition) is 2. The second-order valence-corrected chi connectivity index (χ2v) is 10.9. The molecule has 0 bridgehead atoms. The van der Waals surface area contributed by atoms with Crippen LogP contribution in [0.1, 0.15) is 73.5 Å². The van der Waals surface area contributed by atoms with Crippen LogP contribution in [-0.4, -0.2) is 4.98 Å². The Kier molecular flexibility index (Phi) is 8.61. The van der Waals surface area contributed by atoms with Crippen molar-refractivity contribution in [1.29, 1.82) is 0 Å². The quantitative estimate of drug-likeness (QED) is 0.190. The van der Waals surface area contributed by atoms with E-state index in [0.29, 0.717) is 18.4 Å². The Balaban J connectivity index is 1.48. The summed E-state index contributed by atoms with van der Waals surface area (Å²) in [6.07, 6.45) is 0. The molecule has 0 spiro atoms. The molecule has 0 amide bonds. The van der Waals surface area contributed by atoms with Crippen molar-refractivity contribution in [2.45, 2.75) is 52.1 Å². The van der Waals surface area contributed by atoms with Crippen LogP contribution in [-0.2, 0) is 6.54 Å². The zero-order valence-electron chi connectivity index (χ0n) is 23.9. The van der Waals surface area contributed by atoms with Gasteiger partial charge in [0.1, 0.15) is 0 Å². The molecule has 1 atom stereocenters. The molecule has 5 aromatic rings. The number of benzene rings is 4. The predicted octanol–water partition coefficient (Wildman–Crippen LogP) is 9.81. The van der Waals surface area contributed by atoms with Gasteiger partial charge in [0.25, 0.3) is 0 Å². The Labute approximate surface area is 239 Å². The molecule has 5 rings (SSSR count). The van der Waals surface area contributed by atoms with Crippen molar-refractivity contribution in [2.24, 2.45) is 0 Å². The number of para-hydroxylation sites is 2. The molecule has 202 valence electrons. The highest BCUT2D eigenvalue weighted by atomic mass is 14.9. The van der Waals surface area contributed by atoms with Crippen molar-refractivity contribution < 1.29 is 0 Å². The Morgan fingerprint density at radius 3 is 1.82 bits per heavy atom. The van der Waals surface area contributed by atoms with E-state index in [1.807, 2.05) is 6.07 Å². The third-order valence-corrected chi connectivity index (χ3v) is 7.39. The highest BCUT2D eigenvalue weighted by molar-refractivity contribution is 5.67. The predicted molar refractivity (Wildman–Crippen MR) is 170 cm³/mol. The fourth-order valence-corrected chi connectivity index (χ4v) is 5.33. The van der Waals surface area contributed by atoms with E-state index in [9.17, 15) is 0 Å². The maximum Gasteiger partial charge on any atom is 0.0774 e. The van der Waals surface area contributed by atoms with Gasteiger partial charge in [-0.25, -0.2) is 0 Å². The molecule has 0 aliphatic heterocycles. The van der Waals surface area contributed by atoms with Crippen LogP contribution in [0.3, 0.4) is 0 Å². The highest BCUT2D eigenvalue weighted by Crippen LogP contribution is 2.35. The van der Waals surface area contributed by atoms with E-state index in [1.54, 1.807) is 0 Å². The summed E-state index contributed by atoms with van der Waals surface area (Å²) < 4.78 is 0. The molecule has 0 saturated carbocycles. The summed E-state index contributed by atoms with van der Waals surface area (Å²) in [4.78, 5) is 5.16. The second kappa shape index (κ2) is 12.7. The standard InChI is InChI=1S/C37H39N3/c1-26(2)31-22-14-23-32(27(3)4)37(31)38-25-30-19-13-24-35(39-30)33-20-11-12-21-34(33)36(28-15-7-5-8-16-28)40-29-17-9-6-10-18-29/h5-24,26-27,36,38,40H,25H2,1-4H3. The van der Waals surface area contributed by atoms with Crippen molar-refractivity contribution >= 4 is 11.4 Å². The normalized spacial score (nSPS) is 11.9. The smallest absolute Gasteiger partial charge is 0.0774 e. The number of hydrogen-bond acceptors (Lipinski definition) is 3. The summed E-state index contributed by atoms with van der Waals surface area (Å²) in [6.45, 7) is 9.70. The van der Waals surface area contributed by atoms with Crippen LogP contribution >= 0.6 is 0 Å². The van der Waals surface area contributed by atoms with Gasteiger partial charge in [-0.05, 0) is 58.4 Å². The lowest BCUT2D eigenvalue weighted by Crippen LogP contribution is -2.14.